The lowest BCUT2D eigenvalue weighted by Gasteiger charge is -2.40. The molecule has 0 spiro atoms. The van der Waals surface area contributed by atoms with E-state index in [9.17, 15) is 41.0 Å². The number of halogens is 6. The van der Waals surface area contributed by atoms with Crippen LogP contribution in [0.4, 0.5) is 38.1 Å². The SMILES string of the molecule is COc1ccc(C(OC[C@H]2O[C@@H](n3cnc4c(N(C)NC(=O)C(F)(F)F)nc(N(C)NC(=O)C(F)(F)F)nc43)[C@H](O[Si](C)(C)C(C)(C)C)[C@@H]2O)(c2ccccc2)c2ccc(OC)cc2)cc1. The number of aliphatic hydroxyl groups is 1. The molecule has 5 aromatic rings. The number of carbonyl (C=O) groups is 2. The number of imidazole rings is 1. The maximum atomic E-state index is 13.4. The van der Waals surface area contributed by atoms with Gasteiger partial charge in [-0.15, -0.1) is 0 Å². The number of benzene rings is 3. The van der Waals surface area contributed by atoms with E-state index in [1.807, 2.05) is 88.5 Å². The van der Waals surface area contributed by atoms with Gasteiger partial charge in [0.15, 0.2) is 31.5 Å². The molecule has 2 aromatic heterocycles. The molecule has 4 atom stereocenters. The van der Waals surface area contributed by atoms with Gasteiger partial charge in [-0.3, -0.25) is 35.0 Å². The van der Waals surface area contributed by atoms with Crippen LogP contribution in [0.15, 0.2) is 85.2 Å². The number of fused-ring (bicyclic) bond motifs is 1. The first-order valence-electron chi connectivity index (χ1n) is 20.3. The van der Waals surface area contributed by atoms with E-state index in [4.69, 9.17) is 23.4 Å². The van der Waals surface area contributed by atoms with Gasteiger partial charge in [-0.05, 0) is 59.1 Å². The van der Waals surface area contributed by atoms with Gasteiger partial charge in [0.05, 0.1) is 27.2 Å². The number of amides is 2. The van der Waals surface area contributed by atoms with Crippen LogP contribution in [0.3, 0.4) is 0 Å². The highest BCUT2D eigenvalue weighted by molar-refractivity contribution is 6.74. The smallest absolute Gasteiger partial charge is 0.472 e. The van der Waals surface area contributed by atoms with Crippen LogP contribution in [0.1, 0.15) is 43.7 Å². The summed E-state index contributed by atoms with van der Waals surface area (Å²) in [5.74, 6) is -4.83. The van der Waals surface area contributed by atoms with Crippen molar-refractivity contribution in [3.8, 4) is 11.5 Å². The van der Waals surface area contributed by atoms with Crippen molar-refractivity contribution >= 4 is 43.1 Å². The number of hydrogen-bond donors (Lipinski definition) is 3. The lowest BCUT2D eigenvalue weighted by atomic mass is 9.80. The molecule has 3 heterocycles. The molecule has 0 saturated carbocycles. The molecule has 16 nitrogen and oxygen atoms in total. The van der Waals surface area contributed by atoms with E-state index in [0.29, 0.717) is 38.2 Å². The Morgan fingerprint density at radius 2 is 1.29 bits per heavy atom. The number of nitrogens with one attached hydrogen (secondary N) is 2. The van der Waals surface area contributed by atoms with E-state index in [1.54, 1.807) is 49.3 Å². The van der Waals surface area contributed by atoms with Crippen LogP contribution < -0.4 is 30.3 Å². The summed E-state index contributed by atoms with van der Waals surface area (Å²) in [5.41, 5.74) is 3.39. The van der Waals surface area contributed by atoms with Crippen molar-refractivity contribution in [3.05, 3.63) is 102 Å². The van der Waals surface area contributed by atoms with Gasteiger partial charge in [0.25, 0.3) is 0 Å². The molecule has 1 fully saturated rings. The van der Waals surface area contributed by atoms with E-state index in [0.717, 1.165) is 14.1 Å². The molecule has 0 radical (unpaired) electrons. The van der Waals surface area contributed by atoms with Crippen LogP contribution in [-0.2, 0) is 29.1 Å². The zero-order chi connectivity index (χ0) is 48.6. The molecule has 1 aliphatic heterocycles. The van der Waals surface area contributed by atoms with Gasteiger partial charge in [0.1, 0.15) is 35.4 Å². The molecular formula is C43H50F6N8O8Si. The lowest BCUT2D eigenvalue weighted by Crippen LogP contribution is -2.49. The van der Waals surface area contributed by atoms with Crippen LogP contribution in [0.5, 0.6) is 11.5 Å². The third-order valence-electron chi connectivity index (χ3n) is 11.5. The maximum absolute atomic E-state index is 13.4. The zero-order valence-corrected chi connectivity index (χ0v) is 38.4. The number of hydrogen-bond acceptors (Lipinski definition) is 13. The Bertz CT molecular complexity index is 2440. The van der Waals surface area contributed by atoms with Crippen molar-refractivity contribution in [2.24, 2.45) is 0 Å². The Hall–Kier alpha value is -6.01. The van der Waals surface area contributed by atoms with Crippen molar-refractivity contribution in [1.82, 2.24) is 30.4 Å². The van der Waals surface area contributed by atoms with E-state index >= 15 is 0 Å². The van der Waals surface area contributed by atoms with Gasteiger partial charge < -0.3 is 28.5 Å². The second-order valence-corrected chi connectivity index (χ2v) is 21.6. The monoisotopic (exact) mass is 948 g/mol. The molecule has 23 heteroatoms. The summed E-state index contributed by atoms with van der Waals surface area (Å²) in [6.45, 7) is 9.51. The normalized spacial score (nSPS) is 18.2. The number of hydrazine groups is 2. The first-order chi connectivity index (χ1) is 30.8. The number of methoxy groups -OCH3 is 2. The minimum Gasteiger partial charge on any atom is -0.497 e. The summed E-state index contributed by atoms with van der Waals surface area (Å²) >= 11 is 0. The molecule has 0 unspecified atom stereocenters. The van der Waals surface area contributed by atoms with E-state index < -0.39 is 79.4 Å². The highest BCUT2D eigenvalue weighted by Crippen LogP contribution is 2.46. The van der Waals surface area contributed by atoms with E-state index in [2.05, 4.69) is 15.0 Å². The molecule has 6 rings (SSSR count). The zero-order valence-electron chi connectivity index (χ0n) is 37.4. The predicted molar refractivity (Wildman–Crippen MR) is 231 cm³/mol. The van der Waals surface area contributed by atoms with Gasteiger partial charge in [-0.25, -0.2) is 4.98 Å². The van der Waals surface area contributed by atoms with E-state index in [1.165, 1.54) is 10.9 Å². The topological polar surface area (TPSA) is 175 Å². The highest BCUT2D eigenvalue weighted by Gasteiger charge is 2.52. The third kappa shape index (κ3) is 10.0. The fourth-order valence-corrected chi connectivity index (χ4v) is 8.29. The molecule has 0 bridgehead atoms. The first-order valence-corrected chi connectivity index (χ1v) is 23.2. The average molecular weight is 949 g/mol. The van der Waals surface area contributed by atoms with Crippen molar-refractivity contribution in [2.75, 3.05) is 44.9 Å². The predicted octanol–water partition coefficient (Wildman–Crippen LogP) is 6.56. The van der Waals surface area contributed by atoms with Crippen LogP contribution in [0.2, 0.25) is 18.1 Å². The van der Waals surface area contributed by atoms with Crippen molar-refractivity contribution < 1.29 is 64.4 Å². The summed E-state index contributed by atoms with van der Waals surface area (Å²) in [4.78, 5) is 36.8. The number of anilines is 2. The molecular weight excluding hydrogens is 899 g/mol. The number of nitrogens with zero attached hydrogens (tertiary/aromatic N) is 6. The Morgan fingerprint density at radius 1 is 0.788 bits per heavy atom. The van der Waals surface area contributed by atoms with Crippen LogP contribution in [0, 0.1) is 0 Å². The molecule has 66 heavy (non-hydrogen) atoms. The maximum Gasteiger partial charge on any atom is 0.472 e. The Balaban J connectivity index is 1.49. The van der Waals surface area contributed by atoms with Crippen molar-refractivity contribution in [2.45, 2.75) is 81.4 Å². The molecule has 356 valence electrons. The number of aliphatic hydroxyl groups excluding tert-OH is 1. The fourth-order valence-electron chi connectivity index (χ4n) is 7.00. The van der Waals surface area contributed by atoms with Crippen LogP contribution in [-0.4, -0.2) is 110 Å². The molecule has 1 saturated heterocycles. The van der Waals surface area contributed by atoms with Gasteiger partial charge in [0, 0.05) is 14.1 Å². The number of aromatic nitrogens is 4. The summed E-state index contributed by atoms with van der Waals surface area (Å²) in [6, 6.07) is 23.9. The lowest BCUT2D eigenvalue weighted by molar-refractivity contribution is -0.173. The molecule has 3 aromatic carbocycles. The van der Waals surface area contributed by atoms with E-state index in [-0.39, 0.29) is 17.8 Å². The third-order valence-corrected chi connectivity index (χ3v) is 16.0. The largest absolute Gasteiger partial charge is 0.497 e. The van der Waals surface area contributed by atoms with Gasteiger partial charge in [-0.1, -0.05) is 75.4 Å². The minimum absolute atomic E-state index is 0.256. The Labute approximate surface area is 376 Å². The number of ether oxygens (including phenoxy) is 4. The first kappa shape index (κ1) is 49.4. The summed E-state index contributed by atoms with van der Waals surface area (Å²) in [7, 11) is 2.21. The number of alkyl halides is 6. The Morgan fingerprint density at radius 3 is 1.77 bits per heavy atom. The van der Waals surface area contributed by atoms with Crippen molar-refractivity contribution in [3.63, 3.8) is 0 Å². The summed E-state index contributed by atoms with van der Waals surface area (Å²) < 4.78 is 113. The number of carbonyl (C=O) groups excluding carboxylic acids is 2. The van der Waals surface area contributed by atoms with Crippen LogP contribution >= 0.6 is 0 Å². The molecule has 3 N–H and O–H groups in total. The molecule has 2 amide bonds. The van der Waals surface area contributed by atoms with Crippen LogP contribution in [0.25, 0.3) is 11.2 Å². The summed E-state index contributed by atoms with van der Waals surface area (Å²) in [5, 5.41) is 13.0. The minimum atomic E-state index is -5.35. The highest BCUT2D eigenvalue weighted by atomic mass is 28.4. The second kappa shape index (κ2) is 18.7. The van der Waals surface area contributed by atoms with Crippen molar-refractivity contribution in [1.29, 1.82) is 0 Å². The van der Waals surface area contributed by atoms with Gasteiger partial charge in [0.2, 0.25) is 5.95 Å². The average Bonchev–Trinajstić information content (AvgIpc) is 3.82. The summed E-state index contributed by atoms with van der Waals surface area (Å²) in [6.07, 6.45) is -14.7. The quantitative estimate of drug-likeness (QED) is 0.0446. The van der Waals surface area contributed by atoms with Gasteiger partial charge >= 0.3 is 24.2 Å². The molecule has 0 aliphatic carbocycles. The number of rotatable bonds is 15. The second-order valence-electron chi connectivity index (χ2n) is 16.9. The standard InChI is InChI=1S/C43H50F6N8O8Si/c1-40(2,3)66(8,9)65-33-32(58)30(23-63-41(25-13-11-10-12-14-25,26-15-19-28(61-6)20-16-26)27-17-21-29(62-7)22-18-27)64-36(33)57-24-50-31-34(55(4)53-37(59)42(44,45)46)51-39(52-35(31)57)56(5)54-38(60)43(47,48)49/h10-22,24,30,32-33,36,58H,23H2,1-9H3,(H,53,59)(H,54,60)/t30-,32-,33-,36-/m1/s1. The van der Waals surface area contributed by atoms with Gasteiger partial charge in [-0.2, -0.15) is 36.3 Å². The fraction of sp³-hybridized carbons (Fsp3) is 0.419. The Kier molecular flexibility index (Phi) is 14.0. The molecule has 1 aliphatic rings.